The first-order chi connectivity index (χ1) is 11.8. The molecule has 4 rings (SSSR count). The zero-order valence-electron chi connectivity index (χ0n) is 12.7. The number of nitrogens with one attached hydrogen (secondary N) is 3. The Morgan fingerprint density at radius 2 is 2.08 bits per heavy atom. The van der Waals surface area contributed by atoms with Crippen molar-refractivity contribution in [1.29, 1.82) is 5.26 Å². The van der Waals surface area contributed by atoms with E-state index in [2.05, 4.69) is 36.1 Å². The van der Waals surface area contributed by atoms with E-state index in [0.717, 1.165) is 29.8 Å². The van der Waals surface area contributed by atoms with Crippen LogP contribution in [0.25, 0.3) is 16.8 Å². The molecule has 0 saturated carbocycles. The van der Waals surface area contributed by atoms with Crippen LogP contribution in [0.5, 0.6) is 0 Å². The van der Waals surface area contributed by atoms with Gasteiger partial charge in [-0.3, -0.25) is 5.10 Å². The highest BCUT2D eigenvalue weighted by Crippen LogP contribution is 2.30. The number of aromatic nitrogens is 6. The number of benzene rings is 1. The summed E-state index contributed by atoms with van der Waals surface area (Å²) in [4.78, 5) is 0. The summed E-state index contributed by atoms with van der Waals surface area (Å²) in [5.41, 5.74) is 5.88. The fourth-order valence-corrected chi connectivity index (χ4v) is 2.86. The summed E-state index contributed by atoms with van der Waals surface area (Å²) in [7, 11) is 0. The Morgan fingerprint density at radius 3 is 2.83 bits per heavy atom. The van der Waals surface area contributed by atoms with E-state index in [-0.39, 0.29) is 5.82 Å². The molecule has 3 aromatic rings. The molecule has 0 atom stereocenters. The quantitative estimate of drug-likeness (QED) is 0.633. The molecule has 1 aliphatic rings. The SMILES string of the molecule is N#CC(=CNc1ccc(-c2n[nH]c3c2CCC3)cc1)c1nn[nH]n1. The Kier molecular flexibility index (Phi) is 3.51. The number of nitrogens with zero attached hydrogens (tertiary/aromatic N) is 5. The first-order valence-corrected chi connectivity index (χ1v) is 7.62. The predicted octanol–water partition coefficient (Wildman–Crippen LogP) is 2.06. The molecule has 0 spiro atoms. The molecular formula is C16H14N8. The molecular weight excluding hydrogens is 304 g/mol. The highest BCUT2D eigenvalue weighted by Gasteiger charge is 2.19. The molecule has 0 aliphatic heterocycles. The Balaban J connectivity index is 1.53. The van der Waals surface area contributed by atoms with Crippen molar-refractivity contribution < 1.29 is 0 Å². The Morgan fingerprint density at radius 1 is 1.21 bits per heavy atom. The summed E-state index contributed by atoms with van der Waals surface area (Å²) in [6.07, 6.45) is 4.92. The molecule has 0 unspecified atom stereocenters. The monoisotopic (exact) mass is 318 g/mol. The van der Waals surface area contributed by atoms with Gasteiger partial charge in [0.1, 0.15) is 11.6 Å². The van der Waals surface area contributed by atoms with Crippen LogP contribution in [0.1, 0.15) is 23.5 Å². The number of hydrogen-bond donors (Lipinski definition) is 3. The van der Waals surface area contributed by atoms with E-state index in [9.17, 15) is 0 Å². The molecule has 0 fully saturated rings. The molecule has 8 heteroatoms. The summed E-state index contributed by atoms with van der Waals surface area (Å²) in [6.45, 7) is 0. The van der Waals surface area contributed by atoms with E-state index in [0.29, 0.717) is 5.57 Å². The van der Waals surface area contributed by atoms with E-state index >= 15 is 0 Å². The van der Waals surface area contributed by atoms with Gasteiger partial charge >= 0.3 is 0 Å². The van der Waals surface area contributed by atoms with Crippen LogP contribution >= 0.6 is 0 Å². The molecule has 3 N–H and O–H groups in total. The van der Waals surface area contributed by atoms with Crippen molar-refractivity contribution in [1.82, 2.24) is 30.8 Å². The van der Waals surface area contributed by atoms with Gasteiger partial charge in [-0.15, -0.1) is 10.2 Å². The van der Waals surface area contributed by atoms with Crippen LogP contribution < -0.4 is 5.32 Å². The molecule has 0 saturated heterocycles. The summed E-state index contributed by atoms with van der Waals surface area (Å²) >= 11 is 0. The molecule has 1 aliphatic carbocycles. The lowest BCUT2D eigenvalue weighted by molar-refractivity contribution is 0.867. The Labute approximate surface area is 137 Å². The van der Waals surface area contributed by atoms with Gasteiger partial charge in [0.05, 0.1) is 5.69 Å². The summed E-state index contributed by atoms with van der Waals surface area (Å²) in [5.74, 6) is 0.258. The average molecular weight is 318 g/mol. The number of aryl methyl sites for hydroxylation is 1. The summed E-state index contributed by atoms with van der Waals surface area (Å²) < 4.78 is 0. The normalized spacial score (nSPS) is 13.5. The second kappa shape index (κ2) is 5.96. The minimum absolute atomic E-state index is 0.258. The largest absolute Gasteiger partial charge is 0.360 e. The highest BCUT2D eigenvalue weighted by atomic mass is 15.5. The number of hydrogen-bond acceptors (Lipinski definition) is 6. The van der Waals surface area contributed by atoms with Crippen LogP contribution in [0, 0.1) is 11.3 Å². The van der Waals surface area contributed by atoms with Crippen molar-refractivity contribution in [2.24, 2.45) is 0 Å². The maximum Gasteiger partial charge on any atom is 0.216 e. The van der Waals surface area contributed by atoms with E-state index < -0.39 is 0 Å². The van der Waals surface area contributed by atoms with Gasteiger partial charge in [-0.2, -0.15) is 15.6 Å². The first-order valence-electron chi connectivity index (χ1n) is 7.62. The third kappa shape index (κ3) is 2.52. The molecule has 8 nitrogen and oxygen atoms in total. The number of tetrazole rings is 1. The van der Waals surface area contributed by atoms with Gasteiger partial charge in [0, 0.05) is 28.7 Å². The van der Waals surface area contributed by atoms with E-state index in [1.165, 1.54) is 17.7 Å². The van der Waals surface area contributed by atoms with Crippen LogP contribution in [0.3, 0.4) is 0 Å². The lowest BCUT2D eigenvalue weighted by Gasteiger charge is -2.04. The number of nitriles is 1. The van der Waals surface area contributed by atoms with Gasteiger partial charge in [-0.05, 0) is 36.6 Å². The number of allylic oxidation sites excluding steroid dienone is 1. The maximum atomic E-state index is 9.14. The lowest BCUT2D eigenvalue weighted by atomic mass is 10.1. The molecule has 1 aromatic carbocycles. The third-order valence-corrected chi connectivity index (χ3v) is 4.05. The van der Waals surface area contributed by atoms with Crippen molar-refractivity contribution in [3.8, 4) is 17.3 Å². The topological polar surface area (TPSA) is 119 Å². The van der Waals surface area contributed by atoms with Crippen molar-refractivity contribution in [3.63, 3.8) is 0 Å². The van der Waals surface area contributed by atoms with Crippen LogP contribution in [0.15, 0.2) is 30.5 Å². The lowest BCUT2D eigenvalue weighted by Crippen LogP contribution is -1.93. The maximum absolute atomic E-state index is 9.14. The standard InChI is InChI=1S/C16H14N8/c17-8-11(16-21-23-24-22-16)9-18-12-6-4-10(5-7-12)15-13-2-1-3-14(13)19-20-15/h4-7,9,18H,1-3H2,(H,19,20)(H,21,22,23,24). The first kappa shape index (κ1) is 14.1. The molecule has 2 aromatic heterocycles. The van der Waals surface area contributed by atoms with Crippen LogP contribution in [0.2, 0.25) is 0 Å². The smallest absolute Gasteiger partial charge is 0.216 e. The van der Waals surface area contributed by atoms with Crippen LogP contribution in [0.4, 0.5) is 5.69 Å². The van der Waals surface area contributed by atoms with E-state index in [4.69, 9.17) is 5.26 Å². The van der Waals surface area contributed by atoms with Crippen molar-refractivity contribution in [2.75, 3.05) is 5.32 Å². The molecule has 0 amide bonds. The molecule has 0 bridgehead atoms. The number of fused-ring (bicyclic) bond motifs is 1. The third-order valence-electron chi connectivity index (χ3n) is 4.05. The van der Waals surface area contributed by atoms with Crippen LogP contribution in [-0.4, -0.2) is 30.8 Å². The van der Waals surface area contributed by atoms with Gasteiger partial charge in [0.15, 0.2) is 0 Å². The minimum atomic E-state index is 0.258. The molecule has 118 valence electrons. The number of aromatic amines is 2. The van der Waals surface area contributed by atoms with Gasteiger partial charge in [0.2, 0.25) is 5.82 Å². The number of anilines is 1. The van der Waals surface area contributed by atoms with Crippen LogP contribution in [-0.2, 0) is 12.8 Å². The highest BCUT2D eigenvalue weighted by molar-refractivity contribution is 5.74. The van der Waals surface area contributed by atoms with Gasteiger partial charge in [-0.1, -0.05) is 12.1 Å². The Bertz CT molecular complexity index is 912. The molecule has 24 heavy (non-hydrogen) atoms. The molecule has 2 heterocycles. The van der Waals surface area contributed by atoms with Crippen molar-refractivity contribution >= 4 is 11.3 Å². The Hall–Kier alpha value is -3.47. The fraction of sp³-hybridized carbons (Fsp3) is 0.188. The second-order valence-corrected chi connectivity index (χ2v) is 5.51. The van der Waals surface area contributed by atoms with Gasteiger partial charge < -0.3 is 5.32 Å². The predicted molar refractivity (Wildman–Crippen MR) is 87.4 cm³/mol. The molecule has 0 radical (unpaired) electrons. The number of H-pyrrole nitrogens is 2. The van der Waals surface area contributed by atoms with Gasteiger partial charge in [-0.25, -0.2) is 0 Å². The number of rotatable bonds is 4. The average Bonchev–Trinajstić information content (AvgIpc) is 3.34. The summed E-state index contributed by atoms with van der Waals surface area (Å²) in [6, 6.07) is 9.98. The zero-order valence-corrected chi connectivity index (χ0v) is 12.7. The minimum Gasteiger partial charge on any atom is -0.360 e. The van der Waals surface area contributed by atoms with Crippen molar-refractivity contribution in [3.05, 3.63) is 47.5 Å². The summed E-state index contributed by atoms with van der Waals surface area (Å²) in [5, 5.41) is 33.1. The van der Waals surface area contributed by atoms with Crippen molar-refractivity contribution in [2.45, 2.75) is 19.3 Å². The van der Waals surface area contributed by atoms with E-state index in [1.54, 1.807) is 6.20 Å². The fourth-order valence-electron chi connectivity index (χ4n) is 2.86. The van der Waals surface area contributed by atoms with E-state index in [1.807, 2.05) is 30.3 Å². The second-order valence-electron chi connectivity index (χ2n) is 5.51. The zero-order chi connectivity index (χ0) is 16.4. The van der Waals surface area contributed by atoms with Gasteiger partial charge in [0.25, 0.3) is 0 Å².